The number of anilines is 1. The zero-order valence-electron chi connectivity index (χ0n) is 13.8. The monoisotopic (exact) mass is 342 g/mol. The molecule has 0 aliphatic rings. The molecule has 3 N–H and O–H groups in total. The largest absolute Gasteiger partial charge is 0.366 e. The number of hydrogen-bond acceptors (Lipinski definition) is 3. The molecule has 6 heteroatoms. The molecule has 2 aromatic carbocycles. The molecule has 0 saturated carbocycles. The minimum absolute atomic E-state index is 0.0162. The van der Waals surface area contributed by atoms with Gasteiger partial charge in [0.05, 0.1) is 5.56 Å². The number of halogens is 1. The van der Waals surface area contributed by atoms with Gasteiger partial charge in [0.15, 0.2) is 5.78 Å². The Balaban J connectivity index is 1.93. The number of Topliss-reactive ketones (excluding diaryl/α,β-unsaturated/α-hetero) is 1. The number of nitrogens with one attached hydrogen (secondary N) is 1. The molecule has 0 unspecified atom stereocenters. The van der Waals surface area contributed by atoms with Crippen LogP contribution in [-0.4, -0.2) is 17.6 Å². The lowest BCUT2D eigenvalue weighted by atomic mass is 10.0. The van der Waals surface area contributed by atoms with Gasteiger partial charge in [0.2, 0.25) is 5.91 Å². The van der Waals surface area contributed by atoms with E-state index in [-0.39, 0.29) is 29.9 Å². The van der Waals surface area contributed by atoms with Crippen molar-refractivity contribution < 1.29 is 18.8 Å². The number of primary amides is 1. The van der Waals surface area contributed by atoms with E-state index < -0.39 is 17.6 Å². The molecule has 0 heterocycles. The first kappa shape index (κ1) is 18.3. The molecule has 0 aliphatic carbocycles. The molecular weight excluding hydrogens is 323 g/mol. The van der Waals surface area contributed by atoms with E-state index >= 15 is 0 Å². The average molecular weight is 342 g/mol. The maximum absolute atomic E-state index is 13.4. The van der Waals surface area contributed by atoms with Gasteiger partial charge < -0.3 is 11.1 Å². The third kappa shape index (κ3) is 4.97. The molecule has 0 spiro atoms. The highest BCUT2D eigenvalue weighted by molar-refractivity contribution is 6.00. The molecule has 0 fully saturated rings. The quantitative estimate of drug-likeness (QED) is 0.758. The summed E-state index contributed by atoms with van der Waals surface area (Å²) in [6, 6.07) is 10.8. The first-order chi connectivity index (χ1) is 11.9. The van der Waals surface area contributed by atoms with Crippen LogP contribution in [0.25, 0.3) is 0 Å². The molecule has 0 radical (unpaired) electrons. The van der Waals surface area contributed by atoms with Crippen molar-refractivity contribution in [1.29, 1.82) is 0 Å². The third-order valence-corrected chi connectivity index (χ3v) is 3.78. The normalized spacial score (nSPS) is 10.3. The van der Waals surface area contributed by atoms with Gasteiger partial charge in [0, 0.05) is 24.1 Å². The fourth-order valence-corrected chi connectivity index (χ4v) is 2.31. The minimum Gasteiger partial charge on any atom is -0.366 e. The summed E-state index contributed by atoms with van der Waals surface area (Å²) in [6.07, 6.45) is 0.931. The van der Waals surface area contributed by atoms with Crippen LogP contribution in [-0.2, 0) is 11.2 Å². The first-order valence-corrected chi connectivity index (χ1v) is 7.92. The average Bonchev–Trinajstić information content (AvgIpc) is 2.61. The van der Waals surface area contributed by atoms with Crippen LogP contribution in [0.15, 0.2) is 42.5 Å². The molecule has 130 valence electrons. The molecule has 0 aliphatic heterocycles. The number of carbonyl (C=O) groups is 3. The van der Waals surface area contributed by atoms with Crippen molar-refractivity contribution in [2.24, 2.45) is 5.73 Å². The van der Waals surface area contributed by atoms with Crippen LogP contribution in [0.4, 0.5) is 10.1 Å². The van der Waals surface area contributed by atoms with E-state index in [1.54, 1.807) is 12.1 Å². The van der Waals surface area contributed by atoms with Crippen molar-refractivity contribution in [3.63, 3.8) is 0 Å². The minimum atomic E-state index is -0.917. The highest BCUT2D eigenvalue weighted by Crippen LogP contribution is 2.15. The summed E-state index contributed by atoms with van der Waals surface area (Å²) in [5.74, 6) is -2.20. The summed E-state index contributed by atoms with van der Waals surface area (Å²) in [6.45, 7) is 2.03. The summed E-state index contributed by atoms with van der Waals surface area (Å²) in [5.41, 5.74) is 6.70. The summed E-state index contributed by atoms with van der Waals surface area (Å²) in [5, 5.41) is 2.52. The van der Waals surface area contributed by atoms with Crippen molar-refractivity contribution in [2.45, 2.75) is 26.2 Å². The number of benzene rings is 2. The van der Waals surface area contributed by atoms with Crippen LogP contribution in [0, 0.1) is 5.82 Å². The lowest BCUT2D eigenvalue weighted by Crippen LogP contribution is -2.16. The van der Waals surface area contributed by atoms with Crippen molar-refractivity contribution in [1.82, 2.24) is 0 Å². The lowest BCUT2D eigenvalue weighted by molar-refractivity contribution is -0.116. The second kappa shape index (κ2) is 8.19. The molecular formula is C19H19FN2O3. The number of hydrogen-bond donors (Lipinski definition) is 2. The highest BCUT2D eigenvalue weighted by atomic mass is 19.1. The van der Waals surface area contributed by atoms with Gasteiger partial charge in [-0.3, -0.25) is 14.4 Å². The highest BCUT2D eigenvalue weighted by Gasteiger charge is 2.12. The van der Waals surface area contributed by atoms with E-state index in [0.29, 0.717) is 5.56 Å². The molecule has 2 rings (SSSR count). The van der Waals surface area contributed by atoms with Crippen LogP contribution >= 0.6 is 0 Å². The molecule has 2 aromatic rings. The third-order valence-electron chi connectivity index (χ3n) is 3.78. The number of rotatable bonds is 7. The maximum atomic E-state index is 13.4. The van der Waals surface area contributed by atoms with Crippen molar-refractivity contribution in [2.75, 3.05) is 5.32 Å². The Labute approximate surface area is 145 Å². The molecule has 5 nitrogen and oxygen atoms in total. The Morgan fingerprint density at radius 3 is 2.32 bits per heavy atom. The number of ketones is 1. The van der Waals surface area contributed by atoms with E-state index in [0.717, 1.165) is 18.1 Å². The van der Waals surface area contributed by atoms with E-state index in [1.807, 2.05) is 19.1 Å². The zero-order valence-corrected chi connectivity index (χ0v) is 13.8. The standard InChI is InChI=1S/C19H19FN2O3/c1-2-12-3-5-13(6-4-12)17(23)9-10-18(24)22-14-7-8-16(20)15(11-14)19(21)25/h3-8,11H,2,9-10H2,1H3,(H2,21,25)(H,22,24). The van der Waals surface area contributed by atoms with Crippen LogP contribution in [0.3, 0.4) is 0 Å². The molecule has 0 bridgehead atoms. The van der Waals surface area contributed by atoms with E-state index in [4.69, 9.17) is 5.73 Å². The molecule has 0 aromatic heterocycles. The van der Waals surface area contributed by atoms with Crippen LogP contribution in [0.5, 0.6) is 0 Å². The van der Waals surface area contributed by atoms with E-state index in [2.05, 4.69) is 5.32 Å². The van der Waals surface area contributed by atoms with Gasteiger partial charge in [-0.2, -0.15) is 0 Å². The van der Waals surface area contributed by atoms with Gasteiger partial charge in [-0.05, 0) is 30.2 Å². The Bertz CT molecular complexity index is 801. The predicted molar refractivity (Wildman–Crippen MR) is 92.9 cm³/mol. The molecule has 25 heavy (non-hydrogen) atoms. The van der Waals surface area contributed by atoms with Gasteiger partial charge in [-0.15, -0.1) is 0 Å². The van der Waals surface area contributed by atoms with E-state index in [1.165, 1.54) is 12.1 Å². The summed E-state index contributed by atoms with van der Waals surface area (Å²) >= 11 is 0. The number of nitrogens with two attached hydrogens (primary N) is 1. The van der Waals surface area contributed by atoms with E-state index in [9.17, 15) is 18.8 Å². The van der Waals surface area contributed by atoms with Crippen molar-refractivity contribution in [3.8, 4) is 0 Å². The van der Waals surface area contributed by atoms with Crippen LogP contribution in [0.2, 0.25) is 0 Å². The second-order valence-electron chi connectivity index (χ2n) is 5.58. The lowest BCUT2D eigenvalue weighted by Gasteiger charge is -2.07. The molecule has 0 saturated heterocycles. The van der Waals surface area contributed by atoms with Crippen molar-refractivity contribution in [3.05, 3.63) is 65.0 Å². The smallest absolute Gasteiger partial charge is 0.251 e. The number of amides is 2. The van der Waals surface area contributed by atoms with Gasteiger partial charge >= 0.3 is 0 Å². The van der Waals surface area contributed by atoms with Gasteiger partial charge in [-0.1, -0.05) is 31.2 Å². The van der Waals surface area contributed by atoms with Crippen LogP contribution in [0.1, 0.15) is 46.0 Å². The SMILES string of the molecule is CCc1ccc(C(=O)CCC(=O)Nc2ccc(F)c(C(N)=O)c2)cc1. The van der Waals surface area contributed by atoms with Crippen molar-refractivity contribution >= 4 is 23.3 Å². The number of aryl methyl sites for hydroxylation is 1. The summed E-state index contributed by atoms with van der Waals surface area (Å²) < 4.78 is 13.4. The maximum Gasteiger partial charge on any atom is 0.251 e. The van der Waals surface area contributed by atoms with Gasteiger partial charge in [-0.25, -0.2) is 4.39 Å². The van der Waals surface area contributed by atoms with Gasteiger partial charge in [0.1, 0.15) is 5.82 Å². The number of carbonyl (C=O) groups excluding carboxylic acids is 3. The molecule has 0 atom stereocenters. The Morgan fingerprint density at radius 1 is 1.04 bits per heavy atom. The fraction of sp³-hybridized carbons (Fsp3) is 0.211. The first-order valence-electron chi connectivity index (χ1n) is 7.92. The Kier molecular flexibility index (Phi) is 6.00. The fourth-order valence-electron chi connectivity index (χ4n) is 2.31. The topological polar surface area (TPSA) is 89.3 Å². The second-order valence-corrected chi connectivity index (χ2v) is 5.58. The summed E-state index contributed by atoms with van der Waals surface area (Å²) in [4.78, 5) is 35.1. The van der Waals surface area contributed by atoms with Crippen LogP contribution < -0.4 is 11.1 Å². The van der Waals surface area contributed by atoms with Gasteiger partial charge in [0.25, 0.3) is 5.91 Å². The Hall–Kier alpha value is -3.02. The Morgan fingerprint density at radius 2 is 1.72 bits per heavy atom. The summed E-state index contributed by atoms with van der Waals surface area (Å²) in [7, 11) is 0. The predicted octanol–water partition coefficient (Wildman–Crippen LogP) is 3.09. The molecule has 2 amide bonds. The zero-order chi connectivity index (χ0) is 18.4.